The first kappa shape index (κ1) is 15.9. The van der Waals surface area contributed by atoms with E-state index in [-0.39, 0.29) is 12.1 Å². The first-order chi connectivity index (χ1) is 12.6. The van der Waals surface area contributed by atoms with Crippen molar-refractivity contribution in [3.05, 3.63) is 35.7 Å². The summed E-state index contributed by atoms with van der Waals surface area (Å²) in [5.41, 5.74) is 1.91. The molecule has 0 radical (unpaired) electrons. The van der Waals surface area contributed by atoms with Gasteiger partial charge in [-0.2, -0.15) is 0 Å². The second kappa shape index (κ2) is 5.58. The van der Waals surface area contributed by atoms with Gasteiger partial charge in [-0.05, 0) is 43.2 Å². The number of esters is 1. The van der Waals surface area contributed by atoms with Crippen LogP contribution in [0.15, 0.2) is 29.8 Å². The largest absolute Gasteiger partial charge is 0.497 e. The average Bonchev–Trinajstić information content (AvgIpc) is 3.27. The van der Waals surface area contributed by atoms with Gasteiger partial charge in [-0.15, -0.1) is 0 Å². The van der Waals surface area contributed by atoms with E-state index >= 15 is 0 Å². The molecule has 1 aromatic carbocycles. The Bertz CT molecular complexity index is 918. The highest BCUT2D eigenvalue weighted by molar-refractivity contribution is 5.94. The van der Waals surface area contributed by atoms with Gasteiger partial charge in [0.15, 0.2) is 0 Å². The summed E-state index contributed by atoms with van der Waals surface area (Å²) < 4.78 is 17.3. The molecule has 136 valence electrons. The minimum absolute atomic E-state index is 0.164. The van der Waals surface area contributed by atoms with Gasteiger partial charge < -0.3 is 19.2 Å². The van der Waals surface area contributed by atoms with Gasteiger partial charge in [-0.3, -0.25) is 0 Å². The highest BCUT2D eigenvalue weighted by Crippen LogP contribution is 2.55. The van der Waals surface area contributed by atoms with Crippen molar-refractivity contribution in [1.29, 1.82) is 0 Å². The fraction of sp³-hybridized carbons (Fsp3) is 0.500. The molecule has 5 rings (SSSR count). The third-order valence-electron chi connectivity index (χ3n) is 6.05. The number of fused-ring (bicyclic) bond motifs is 1. The van der Waals surface area contributed by atoms with Crippen molar-refractivity contribution in [3.63, 3.8) is 0 Å². The number of allylic oxidation sites excluding steroid dienone is 1. The monoisotopic (exact) mass is 354 g/mol. The highest BCUT2D eigenvalue weighted by Gasteiger charge is 2.63. The Morgan fingerprint density at radius 3 is 3.12 bits per heavy atom. The molecule has 1 unspecified atom stereocenters. The lowest BCUT2D eigenvalue weighted by Gasteiger charge is -2.38. The summed E-state index contributed by atoms with van der Waals surface area (Å²) in [6, 6.07) is 5.74. The molecule has 0 spiro atoms. The summed E-state index contributed by atoms with van der Waals surface area (Å²) in [7, 11) is 1.64. The first-order valence-electron chi connectivity index (χ1n) is 9.20. The number of nitrogens with zero attached hydrogens (tertiary/aromatic N) is 1. The van der Waals surface area contributed by atoms with Crippen LogP contribution in [0.4, 0.5) is 0 Å². The van der Waals surface area contributed by atoms with E-state index in [1.165, 1.54) is 0 Å². The molecule has 6 nitrogen and oxygen atoms in total. The van der Waals surface area contributed by atoms with E-state index in [2.05, 4.69) is 16.9 Å². The van der Waals surface area contributed by atoms with E-state index in [1.807, 2.05) is 24.3 Å². The Balaban J connectivity index is 1.45. The molecule has 2 aromatic rings. The zero-order valence-electron chi connectivity index (χ0n) is 15.0. The van der Waals surface area contributed by atoms with Crippen molar-refractivity contribution in [2.24, 2.45) is 11.8 Å². The van der Waals surface area contributed by atoms with E-state index < -0.39 is 5.60 Å². The number of rotatable bonds is 4. The number of imidazole rings is 1. The fourth-order valence-electron chi connectivity index (χ4n) is 4.94. The molecule has 3 aliphatic rings. The van der Waals surface area contributed by atoms with E-state index in [4.69, 9.17) is 14.2 Å². The van der Waals surface area contributed by atoms with Gasteiger partial charge in [-0.1, -0.05) is 13.0 Å². The lowest BCUT2D eigenvalue weighted by atomic mass is 9.73. The number of nitrogens with one attached hydrogen (secondary N) is 1. The lowest BCUT2D eigenvalue weighted by molar-refractivity contribution is -0.142. The first-order valence-corrected chi connectivity index (χ1v) is 9.20. The van der Waals surface area contributed by atoms with Crippen molar-refractivity contribution < 1.29 is 19.0 Å². The van der Waals surface area contributed by atoms with Crippen molar-refractivity contribution >= 4 is 17.0 Å². The number of aromatic amines is 1. The molecule has 2 heterocycles. The van der Waals surface area contributed by atoms with Crippen LogP contribution >= 0.6 is 0 Å². The molecule has 4 atom stereocenters. The van der Waals surface area contributed by atoms with E-state index in [0.29, 0.717) is 18.4 Å². The number of carbonyl (C=O) groups is 1. The van der Waals surface area contributed by atoms with Crippen LogP contribution in [0.25, 0.3) is 11.0 Å². The van der Waals surface area contributed by atoms with Crippen LogP contribution in [0.1, 0.15) is 32.0 Å². The lowest BCUT2D eigenvalue weighted by Crippen LogP contribution is -2.46. The second-order valence-corrected chi connectivity index (χ2v) is 7.61. The minimum Gasteiger partial charge on any atom is -0.497 e. The van der Waals surface area contributed by atoms with Gasteiger partial charge in [0.2, 0.25) is 0 Å². The summed E-state index contributed by atoms with van der Waals surface area (Å²) in [5, 5.41) is 0. The van der Waals surface area contributed by atoms with E-state index in [1.54, 1.807) is 7.11 Å². The van der Waals surface area contributed by atoms with E-state index in [9.17, 15) is 4.79 Å². The van der Waals surface area contributed by atoms with Crippen LogP contribution in [0.5, 0.6) is 5.75 Å². The van der Waals surface area contributed by atoms with Gasteiger partial charge in [-0.25, -0.2) is 9.78 Å². The van der Waals surface area contributed by atoms with Crippen molar-refractivity contribution in [1.82, 2.24) is 9.97 Å². The molecule has 1 aliphatic heterocycles. The fourth-order valence-corrected chi connectivity index (χ4v) is 4.94. The van der Waals surface area contributed by atoms with Gasteiger partial charge in [0.05, 0.1) is 23.7 Å². The van der Waals surface area contributed by atoms with Crippen molar-refractivity contribution in [3.8, 4) is 5.75 Å². The zero-order chi connectivity index (χ0) is 17.9. The van der Waals surface area contributed by atoms with E-state index in [0.717, 1.165) is 47.4 Å². The van der Waals surface area contributed by atoms with Crippen LogP contribution in [0.2, 0.25) is 0 Å². The quantitative estimate of drug-likeness (QED) is 0.854. The molecular formula is C20H22N2O4. The number of carbonyl (C=O) groups excluding carboxylic acids is 1. The number of methoxy groups -OCH3 is 1. The third kappa shape index (κ3) is 2.14. The molecule has 0 amide bonds. The van der Waals surface area contributed by atoms with Gasteiger partial charge in [0.1, 0.15) is 29.9 Å². The predicted octanol–water partition coefficient (Wildman–Crippen LogP) is 3.13. The Morgan fingerprint density at radius 2 is 2.27 bits per heavy atom. The van der Waals surface area contributed by atoms with Gasteiger partial charge >= 0.3 is 5.97 Å². The van der Waals surface area contributed by atoms with Crippen molar-refractivity contribution in [2.45, 2.75) is 44.5 Å². The molecule has 1 saturated carbocycles. The Hall–Kier alpha value is -2.34. The Morgan fingerprint density at radius 1 is 1.38 bits per heavy atom. The molecular weight excluding hydrogens is 332 g/mol. The number of aromatic nitrogens is 2. The maximum Gasteiger partial charge on any atom is 0.337 e. The molecule has 1 saturated heterocycles. The normalized spacial score (nSPS) is 32.5. The van der Waals surface area contributed by atoms with Crippen molar-refractivity contribution in [2.75, 3.05) is 7.11 Å². The second-order valence-electron chi connectivity index (χ2n) is 7.61. The molecule has 1 aromatic heterocycles. The summed E-state index contributed by atoms with van der Waals surface area (Å²) >= 11 is 0. The topological polar surface area (TPSA) is 73.4 Å². The summed E-state index contributed by atoms with van der Waals surface area (Å²) in [6.45, 7) is 2.48. The van der Waals surface area contributed by atoms with Gasteiger partial charge in [0, 0.05) is 6.07 Å². The standard InChI is InChI=1S/C20H22N2O4/c1-11-7-12-3-6-17-20(12,14(8-11)19(23)26-17)25-10-18-21-15-5-4-13(24-2)9-16(15)22-18/h4-5,8-9,11-12,17H,3,6-7,10H2,1-2H3,(H,21,22)/t11-,12?,17+,20-/m0/s1. The molecule has 2 fully saturated rings. The average molecular weight is 354 g/mol. The molecule has 6 heteroatoms. The van der Waals surface area contributed by atoms with Crippen LogP contribution < -0.4 is 4.74 Å². The molecule has 26 heavy (non-hydrogen) atoms. The van der Waals surface area contributed by atoms with Crippen LogP contribution in [0, 0.1) is 11.8 Å². The number of benzene rings is 1. The highest BCUT2D eigenvalue weighted by atomic mass is 16.6. The SMILES string of the molecule is COc1ccc2[nH]c(CO[C@]34C5=C[C@@H](C)CC3CC[C@H]4OC5=O)nc2c1. The summed E-state index contributed by atoms with van der Waals surface area (Å²) in [4.78, 5) is 20.3. The molecule has 1 N–H and O–H groups in total. The summed E-state index contributed by atoms with van der Waals surface area (Å²) in [6.07, 6.45) is 4.83. The van der Waals surface area contributed by atoms with Crippen LogP contribution in [-0.2, 0) is 20.9 Å². The maximum absolute atomic E-state index is 12.4. The predicted molar refractivity (Wildman–Crippen MR) is 94.6 cm³/mol. The number of ether oxygens (including phenoxy) is 3. The zero-order valence-corrected chi connectivity index (χ0v) is 15.0. The number of H-pyrrole nitrogens is 1. The molecule has 0 bridgehead atoms. The maximum atomic E-state index is 12.4. The molecule has 2 aliphatic carbocycles. The number of hydrogen-bond donors (Lipinski definition) is 1. The third-order valence-corrected chi connectivity index (χ3v) is 6.05. The van der Waals surface area contributed by atoms with Crippen LogP contribution in [-0.4, -0.2) is 34.8 Å². The number of hydrogen-bond acceptors (Lipinski definition) is 5. The van der Waals surface area contributed by atoms with Gasteiger partial charge in [0.25, 0.3) is 0 Å². The Kier molecular flexibility index (Phi) is 3.41. The van der Waals surface area contributed by atoms with Crippen LogP contribution in [0.3, 0.4) is 0 Å². The summed E-state index contributed by atoms with van der Waals surface area (Å²) in [5.74, 6) is 2.03. The smallest absolute Gasteiger partial charge is 0.337 e. The Labute approximate surface area is 151 Å². The minimum atomic E-state index is -0.597.